The predicted molar refractivity (Wildman–Crippen MR) is 118 cm³/mol. The number of carbonyl (C=O) groups is 3. The molecule has 0 aliphatic carbocycles. The Kier molecular flexibility index (Phi) is 7.75. The SMILES string of the molecule is COC(=O)c1ccc(N(C(=O)C(NC(=O)c2ccccc2)C(C)C)C(C)C)c(C)c1. The second-order valence-electron chi connectivity index (χ2n) is 7.86. The van der Waals surface area contributed by atoms with Crippen LogP contribution >= 0.6 is 0 Å². The third kappa shape index (κ3) is 5.26. The van der Waals surface area contributed by atoms with E-state index in [1.165, 1.54) is 7.11 Å². The molecule has 0 saturated carbocycles. The summed E-state index contributed by atoms with van der Waals surface area (Å²) < 4.78 is 4.78. The zero-order valence-electron chi connectivity index (χ0n) is 18.4. The highest BCUT2D eigenvalue weighted by Crippen LogP contribution is 2.26. The first kappa shape index (κ1) is 23.1. The van der Waals surface area contributed by atoms with Gasteiger partial charge in [0, 0.05) is 17.3 Å². The lowest BCUT2D eigenvalue weighted by Crippen LogP contribution is -2.53. The van der Waals surface area contributed by atoms with E-state index < -0.39 is 12.0 Å². The number of aryl methyl sites for hydroxylation is 1. The van der Waals surface area contributed by atoms with Gasteiger partial charge in [-0.3, -0.25) is 9.59 Å². The summed E-state index contributed by atoms with van der Waals surface area (Å²) in [6, 6.07) is 13.1. The number of esters is 1. The van der Waals surface area contributed by atoms with Crippen molar-refractivity contribution in [3.63, 3.8) is 0 Å². The molecular formula is C24H30N2O4. The van der Waals surface area contributed by atoms with E-state index >= 15 is 0 Å². The smallest absolute Gasteiger partial charge is 0.337 e. The highest BCUT2D eigenvalue weighted by Gasteiger charge is 2.32. The molecule has 0 radical (unpaired) electrons. The van der Waals surface area contributed by atoms with Gasteiger partial charge in [-0.1, -0.05) is 32.0 Å². The number of carbonyl (C=O) groups excluding carboxylic acids is 3. The number of amides is 2. The van der Waals surface area contributed by atoms with Gasteiger partial charge in [0.1, 0.15) is 6.04 Å². The molecule has 2 rings (SSSR count). The first-order valence-electron chi connectivity index (χ1n) is 10.0. The third-order valence-electron chi connectivity index (χ3n) is 4.89. The molecule has 0 bridgehead atoms. The number of nitrogens with zero attached hydrogens (tertiary/aromatic N) is 1. The van der Waals surface area contributed by atoms with Crippen LogP contribution in [0.5, 0.6) is 0 Å². The third-order valence-corrected chi connectivity index (χ3v) is 4.89. The van der Waals surface area contributed by atoms with Crippen LogP contribution in [0, 0.1) is 12.8 Å². The molecule has 2 amide bonds. The monoisotopic (exact) mass is 410 g/mol. The standard InChI is InChI=1S/C24H30N2O4/c1-15(2)21(25-22(27)18-10-8-7-9-11-18)23(28)26(16(3)4)20-13-12-19(14-17(20)5)24(29)30-6/h7-16,21H,1-6H3,(H,25,27). The molecular weight excluding hydrogens is 380 g/mol. The Morgan fingerprint density at radius 3 is 2.07 bits per heavy atom. The zero-order chi connectivity index (χ0) is 22.4. The van der Waals surface area contributed by atoms with E-state index in [1.54, 1.807) is 47.4 Å². The van der Waals surface area contributed by atoms with Crippen molar-refractivity contribution in [2.45, 2.75) is 46.7 Å². The summed E-state index contributed by atoms with van der Waals surface area (Å²) in [6.45, 7) is 9.49. The Bertz CT molecular complexity index is 907. The van der Waals surface area contributed by atoms with E-state index in [2.05, 4.69) is 5.32 Å². The average Bonchev–Trinajstić information content (AvgIpc) is 2.72. The normalized spacial score (nSPS) is 11.9. The minimum Gasteiger partial charge on any atom is -0.465 e. The van der Waals surface area contributed by atoms with Gasteiger partial charge in [0.25, 0.3) is 5.91 Å². The van der Waals surface area contributed by atoms with E-state index in [4.69, 9.17) is 4.74 Å². The Balaban J connectivity index is 2.36. The lowest BCUT2D eigenvalue weighted by atomic mass is 9.99. The maximum Gasteiger partial charge on any atom is 0.337 e. The number of nitrogens with one attached hydrogen (secondary N) is 1. The summed E-state index contributed by atoms with van der Waals surface area (Å²) >= 11 is 0. The first-order chi connectivity index (χ1) is 14.2. The van der Waals surface area contributed by atoms with E-state index in [0.29, 0.717) is 16.8 Å². The van der Waals surface area contributed by atoms with Gasteiger partial charge in [-0.25, -0.2) is 4.79 Å². The van der Waals surface area contributed by atoms with Crippen molar-refractivity contribution < 1.29 is 19.1 Å². The Labute approximate surface area is 178 Å². The highest BCUT2D eigenvalue weighted by atomic mass is 16.5. The van der Waals surface area contributed by atoms with Crippen LogP contribution in [-0.4, -0.2) is 37.0 Å². The zero-order valence-corrected chi connectivity index (χ0v) is 18.4. The maximum atomic E-state index is 13.5. The Morgan fingerprint density at radius 2 is 1.57 bits per heavy atom. The molecule has 6 nitrogen and oxygen atoms in total. The molecule has 6 heteroatoms. The molecule has 2 aromatic carbocycles. The van der Waals surface area contributed by atoms with Crippen molar-refractivity contribution in [3.8, 4) is 0 Å². The van der Waals surface area contributed by atoms with E-state index in [-0.39, 0.29) is 23.8 Å². The van der Waals surface area contributed by atoms with Gasteiger partial charge < -0.3 is 15.0 Å². The lowest BCUT2D eigenvalue weighted by molar-refractivity contribution is -0.121. The number of hydrogen-bond acceptors (Lipinski definition) is 4. The minimum atomic E-state index is -0.695. The average molecular weight is 411 g/mol. The van der Waals surface area contributed by atoms with E-state index in [1.807, 2.05) is 40.7 Å². The van der Waals surface area contributed by atoms with Crippen LogP contribution in [0.25, 0.3) is 0 Å². The molecule has 160 valence electrons. The van der Waals surface area contributed by atoms with Crippen molar-refractivity contribution in [2.75, 3.05) is 12.0 Å². The molecule has 1 N–H and O–H groups in total. The molecule has 0 aromatic heterocycles. The molecule has 0 spiro atoms. The molecule has 30 heavy (non-hydrogen) atoms. The summed E-state index contributed by atoms with van der Waals surface area (Å²) in [5.74, 6) is -1.02. The first-order valence-corrected chi connectivity index (χ1v) is 10.0. The highest BCUT2D eigenvalue weighted by molar-refractivity contribution is 6.03. The largest absolute Gasteiger partial charge is 0.465 e. The number of ether oxygens (including phenoxy) is 1. The molecule has 1 unspecified atom stereocenters. The summed E-state index contributed by atoms with van der Waals surface area (Å²) in [5.41, 5.74) is 2.40. The number of rotatable bonds is 7. The van der Waals surface area contributed by atoms with Gasteiger partial charge >= 0.3 is 5.97 Å². The Morgan fingerprint density at radius 1 is 0.933 bits per heavy atom. The van der Waals surface area contributed by atoms with E-state index in [0.717, 1.165) is 5.56 Å². The topological polar surface area (TPSA) is 75.7 Å². The van der Waals surface area contributed by atoms with Crippen LogP contribution < -0.4 is 10.2 Å². The molecule has 0 aliphatic heterocycles. The summed E-state index contributed by atoms with van der Waals surface area (Å²) in [6.07, 6.45) is 0. The number of hydrogen-bond donors (Lipinski definition) is 1. The van der Waals surface area contributed by atoms with Gasteiger partial charge in [-0.15, -0.1) is 0 Å². The fourth-order valence-electron chi connectivity index (χ4n) is 3.30. The molecule has 0 saturated heterocycles. The maximum absolute atomic E-state index is 13.5. The van der Waals surface area contributed by atoms with Gasteiger partial charge in [0.15, 0.2) is 0 Å². The summed E-state index contributed by atoms with van der Waals surface area (Å²) in [7, 11) is 1.33. The van der Waals surface area contributed by atoms with Crippen LogP contribution in [0.3, 0.4) is 0 Å². The fourth-order valence-corrected chi connectivity index (χ4v) is 3.30. The van der Waals surface area contributed by atoms with Crippen molar-refractivity contribution in [2.24, 2.45) is 5.92 Å². The van der Waals surface area contributed by atoms with Crippen LogP contribution in [0.2, 0.25) is 0 Å². The van der Waals surface area contributed by atoms with Crippen molar-refractivity contribution in [3.05, 3.63) is 65.2 Å². The second-order valence-corrected chi connectivity index (χ2v) is 7.86. The molecule has 0 fully saturated rings. The van der Waals surface area contributed by atoms with Crippen molar-refractivity contribution >= 4 is 23.5 Å². The summed E-state index contributed by atoms with van der Waals surface area (Å²) in [4.78, 5) is 39.7. The predicted octanol–water partition coefficient (Wildman–Crippen LogP) is 3.98. The molecule has 0 aliphatic rings. The minimum absolute atomic E-state index is 0.110. The molecule has 0 heterocycles. The van der Waals surface area contributed by atoms with Gasteiger partial charge in [0.05, 0.1) is 12.7 Å². The molecule has 2 aromatic rings. The number of methoxy groups -OCH3 is 1. The quantitative estimate of drug-likeness (QED) is 0.701. The van der Waals surface area contributed by atoms with Crippen LogP contribution in [-0.2, 0) is 9.53 Å². The number of anilines is 1. The van der Waals surface area contributed by atoms with E-state index in [9.17, 15) is 14.4 Å². The Hall–Kier alpha value is -3.15. The van der Waals surface area contributed by atoms with Gasteiger partial charge in [-0.05, 0) is 62.6 Å². The van der Waals surface area contributed by atoms with Crippen molar-refractivity contribution in [1.82, 2.24) is 5.32 Å². The van der Waals surface area contributed by atoms with Crippen LogP contribution in [0.15, 0.2) is 48.5 Å². The molecule has 1 atom stereocenters. The van der Waals surface area contributed by atoms with Gasteiger partial charge in [-0.2, -0.15) is 0 Å². The van der Waals surface area contributed by atoms with Gasteiger partial charge in [0.2, 0.25) is 5.91 Å². The lowest BCUT2D eigenvalue weighted by Gasteiger charge is -2.33. The van der Waals surface area contributed by atoms with Crippen molar-refractivity contribution in [1.29, 1.82) is 0 Å². The summed E-state index contributed by atoms with van der Waals surface area (Å²) in [5, 5.41) is 2.89. The fraction of sp³-hybridized carbons (Fsp3) is 0.375. The number of benzene rings is 2. The van der Waals surface area contributed by atoms with Crippen LogP contribution in [0.4, 0.5) is 5.69 Å². The van der Waals surface area contributed by atoms with Crippen LogP contribution in [0.1, 0.15) is 54.0 Å². The second kappa shape index (κ2) is 10.1.